The molecule has 1 saturated heterocycles. The second kappa shape index (κ2) is 6.23. The van der Waals surface area contributed by atoms with E-state index in [0.29, 0.717) is 13.2 Å². The lowest BCUT2D eigenvalue weighted by molar-refractivity contribution is -0.0798. The zero-order chi connectivity index (χ0) is 14.6. The van der Waals surface area contributed by atoms with Crippen LogP contribution in [-0.2, 0) is 20.8 Å². The van der Waals surface area contributed by atoms with Crippen LogP contribution in [0.15, 0.2) is 30.3 Å². The molecule has 0 spiro atoms. The summed E-state index contributed by atoms with van der Waals surface area (Å²) in [5.41, 5.74) is 1.01. The van der Waals surface area contributed by atoms with E-state index in [1.54, 1.807) is 0 Å². The Morgan fingerprint density at radius 1 is 1.15 bits per heavy atom. The summed E-state index contributed by atoms with van der Waals surface area (Å²) in [6.45, 7) is 0.437. The van der Waals surface area contributed by atoms with Crippen LogP contribution in [0.5, 0.6) is 0 Å². The van der Waals surface area contributed by atoms with Gasteiger partial charge in [0.25, 0.3) is 5.90 Å². The molecule has 1 aliphatic heterocycles. The van der Waals surface area contributed by atoms with Crippen molar-refractivity contribution in [3.05, 3.63) is 35.9 Å². The quantitative estimate of drug-likeness (QED) is 0.497. The number of hydrogen-bond acceptors (Lipinski definition) is 4. The van der Waals surface area contributed by atoms with Gasteiger partial charge in [-0.1, -0.05) is 30.3 Å². The maximum atomic E-state index is 12.0. The summed E-state index contributed by atoms with van der Waals surface area (Å²) in [4.78, 5) is 0. The van der Waals surface area contributed by atoms with Crippen molar-refractivity contribution in [1.82, 2.24) is 0 Å². The van der Waals surface area contributed by atoms with Gasteiger partial charge in [0.1, 0.15) is 18.8 Å². The highest BCUT2D eigenvalue weighted by atomic mass is 19.4. The number of epoxide rings is 1. The Morgan fingerprint density at radius 2 is 1.80 bits per heavy atom. The zero-order valence-corrected chi connectivity index (χ0v) is 10.5. The number of rotatable bonds is 6. The molecule has 1 fully saturated rings. The molecule has 20 heavy (non-hydrogen) atoms. The van der Waals surface area contributed by atoms with Gasteiger partial charge in [0.05, 0.1) is 13.2 Å². The van der Waals surface area contributed by atoms with Crippen molar-refractivity contribution in [2.24, 2.45) is 0 Å². The molecule has 7 heteroatoms. The Hall–Kier alpha value is -1.60. The van der Waals surface area contributed by atoms with E-state index in [2.05, 4.69) is 4.74 Å². The fraction of sp³-hybridized carbons (Fsp3) is 0.462. The molecule has 1 aromatic rings. The Kier molecular flexibility index (Phi) is 4.61. The lowest BCUT2D eigenvalue weighted by atomic mass is 10.2. The van der Waals surface area contributed by atoms with Gasteiger partial charge in [0.2, 0.25) is 0 Å². The largest absolute Gasteiger partial charge is 0.472 e. The van der Waals surface area contributed by atoms with E-state index in [9.17, 15) is 13.2 Å². The Labute approximate surface area is 114 Å². The van der Waals surface area contributed by atoms with Gasteiger partial charge in [0.15, 0.2) is 0 Å². The van der Waals surface area contributed by atoms with Crippen molar-refractivity contribution in [2.75, 3.05) is 13.2 Å². The van der Waals surface area contributed by atoms with Crippen molar-refractivity contribution < 1.29 is 27.4 Å². The Morgan fingerprint density at radius 3 is 2.45 bits per heavy atom. The minimum absolute atomic E-state index is 0.264. The second-order valence-corrected chi connectivity index (χ2v) is 4.35. The topological polar surface area (TPSA) is 54.8 Å². The summed E-state index contributed by atoms with van der Waals surface area (Å²) in [6.07, 6.45) is -5.44. The third-order valence-electron chi connectivity index (χ3n) is 2.73. The maximum absolute atomic E-state index is 12.0. The van der Waals surface area contributed by atoms with Crippen molar-refractivity contribution in [2.45, 2.75) is 25.0 Å². The summed E-state index contributed by atoms with van der Waals surface area (Å²) in [6, 6.07) is 9.52. The summed E-state index contributed by atoms with van der Waals surface area (Å²) >= 11 is 0. The van der Waals surface area contributed by atoms with Gasteiger partial charge in [-0.3, -0.25) is 5.41 Å². The Balaban J connectivity index is 1.58. The van der Waals surface area contributed by atoms with Crippen LogP contribution in [0.4, 0.5) is 13.2 Å². The van der Waals surface area contributed by atoms with Crippen LogP contribution >= 0.6 is 0 Å². The van der Waals surface area contributed by atoms with Gasteiger partial charge in [-0.15, -0.1) is 0 Å². The molecule has 1 N–H and O–H groups in total. The molecule has 0 aromatic heterocycles. The van der Waals surface area contributed by atoms with Crippen LogP contribution < -0.4 is 0 Å². The van der Waals surface area contributed by atoms with Gasteiger partial charge in [-0.2, -0.15) is 13.2 Å². The fourth-order valence-electron chi connectivity index (χ4n) is 1.59. The van der Waals surface area contributed by atoms with E-state index < -0.39 is 18.2 Å². The molecule has 0 bridgehead atoms. The van der Waals surface area contributed by atoms with Gasteiger partial charge >= 0.3 is 6.18 Å². The van der Waals surface area contributed by atoms with E-state index in [4.69, 9.17) is 14.9 Å². The fourth-order valence-corrected chi connectivity index (χ4v) is 1.59. The smallest absolute Gasteiger partial charge is 0.467 e. The van der Waals surface area contributed by atoms with Crippen LogP contribution in [-0.4, -0.2) is 37.5 Å². The van der Waals surface area contributed by atoms with E-state index >= 15 is 0 Å². The minimum Gasteiger partial charge on any atom is -0.472 e. The summed E-state index contributed by atoms with van der Waals surface area (Å²) in [7, 11) is 0. The van der Waals surface area contributed by atoms with Crippen LogP contribution in [0, 0.1) is 5.41 Å². The molecule has 1 aliphatic rings. The third kappa shape index (κ3) is 4.50. The van der Waals surface area contributed by atoms with Crippen molar-refractivity contribution in [3.63, 3.8) is 0 Å². The normalized spacial score (nSPS) is 21.6. The first-order chi connectivity index (χ1) is 9.47. The summed E-state index contributed by atoms with van der Waals surface area (Å²) < 4.78 is 50.8. The van der Waals surface area contributed by atoms with Crippen LogP contribution in [0.1, 0.15) is 5.56 Å². The molecular weight excluding hydrogens is 275 g/mol. The molecule has 2 atom stereocenters. The Bertz CT molecular complexity index is 450. The number of hydrogen-bond donors (Lipinski definition) is 1. The predicted molar refractivity (Wildman–Crippen MR) is 64.5 cm³/mol. The molecule has 0 saturated carbocycles. The molecule has 0 unspecified atom stereocenters. The van der Waals surface area contributed by atoms with Gasteiger partial charge in [-0.25, -0.2) is 0 Å². The minimum atomic E-state index is -4.74. The summed E-state index contributed by atoms with van der Waals surface area (Å²) in [5, 5.41) is 6.64. The highest BCUT2D eigenvalue weighted by Gasteiger charge is 2.42. The standard InChI is InChI=1S/C13H14F3NO3/c14-13(15,16)12(17)19-8-11-10(20-11)7-18-6-9-4-2-1-3-5-9/h1-5,10-11,17H,6-8H2/t10-,11-/m0/s1. The number of halogens is 3. The van der Waals surface area contributed by atoms with Gasteiger partial charge < -0.3 is 14.2 Å². The first kappa shape index (κ1) is 14.8. The van der Waals surface area contributed by atoms with Crippen LogP contribution in [0.2, 0.25) is 0 Å². The molecule has 1 heterocycles. The van der Waals surface area contributed by atoms with E-state index in [0.717, 1.165) is 5.56 Å². The molecular formula is C13H14F3NO3. The lowest BCUT2D eigenvalue weighted by Crippen LogP contribution is -2.26. The van der Waals surface area contributed by atoms with E-state index in [1.165, 1.54) is 0 Å². The number of benzene rings is 1. The zero-order valence-electron chi connectivity index (χ0n) is 10.5. The van der Waals surface area contributed by atoms with Gasteiger partial charge in [0, 0.05) is 0 Å². The predicted octanol–water partition coefficient (Wildman–Crippen LogP) is 2.53. The second-order valence-electron chi connectivity index (χ2n) is 4.35. The molecule has 0 amide bonds. The average Bonchev–Trinajstić information content (AvgIpc) is 3.15. The van der Waals surface area contributed by atoms with Crippen molar-refractivity contribution >= 4 is 5.90 Å². The van der Waals surface area contributed by atoms with Crippen molar-refractivity contribution in [1.29, 1.82) is 5.41 Å². The first-order valence-corrected chi connectivity index (χ1v) is 6.02. The molecule has 2 rings (SSSR count). The molecule has 0 radical (unpaired) electrons. The first-order valence-electron chi connectivity index (χ1n) is 6.02. The third-order valence-corrected chi connectivity index (χ3v) is 2.73. The number of alkyl halides is 3. The average molecular weight is 289 g/mol. The maximum Gasteiger partial charge on any atom is 0.467 e. The van der Waals surface area contributed by atoms with E-state index in [1.807, 2.05) is 30.3 Å². The molecule has 110 valence electrons. The van der Waals surface area contributed by atoms with E-state index in [-0.39, 0.29) is 12.7 Å². The van der Waals surface area contributed by atoms with Crippen LogP contribution in [0.25, 0.3) is 0 Å². The van der Waals surface area contributed by atoms with Gasteiger partial charge in [-0.05, 0) is 5.56 Å². The number of ether oxygens (including phenoxy) is 3. The van der Waals surface area contributed by atoms with Crippen LogP contribution in [0.3, 0.4) is 0 Å². The number of nitrogens with one attached hydrogen (secondary N) is 1. The molecule has 4 nitrogen and oxygen atoms in total. The molecule has 1 aromatic carbocycles. The lowest BCUT2D eigenvalue weighted by Gasteiger charge is -2.08. The molecule has 0 aliphatic carbocycles. The van der Waals surface area contributed by atoms with Crippen molar-refractivity contribution in [3.8, 4) is 0 Å². The highest BCUT2D eigenvalue weighted by Crippen LogP contribution is 2.24. The summed E-state index contributed by atoms with van der Waals surface area (Å²) in [5.74, 6) is -1.70. The monoisotopic (exact) mass is 289 g/mol. The SMILES string of the molecule is N=C(OC[C@@H]1O[C@H]1COCc1ccccc1)C(F)(F)F. The highest BCUT2D eigenvalue weighted by molar-refractivity contribution is 5.78.